The highest BCUT2D eigenvalue weighted by atomic mass is 16.7. The van der Waals surface area contributed by atoms with Crippen LogP contribution in [0.3, 0.4) is 0 Å². The Kier molecular flexibility index (Phi) is 2.26. The molecule has 2 aliphatic carbocycles. The Labute approximate surface area is 99.2 Å². The second-order valence-electron chi connectivity index (χ2n) is 6.88. The first-order valence-corrected chi connectivity index (χ1v) is 6.76. The maximum absolute atomic E-state index is 6.21. The smallest absolute Gasteiger partial charge is 0.403 e. The van der Waals surface area contributed by atoms with Gasteiger partial charge < -0.3 is 9.31 Å². The molecule has 2 saturated carbocycles. The van der Waals surface area contributed by atoms with Gasteiger partial charge in [-0.2, -0.15) is 0 Å². The van der Waals surface area contributed by atoms with E-state index in [0.717, 1.165) is 11.8 Å². The molecule has 1 heterocycles. The molecule has 90 valence electrons. The summed E-state index contributed by atoms with van der Waals surface area (Å²) in [4.78, 5) is 0. The second kappa shape index (κ2) is 3.26. The van der Waals surface area contributed by atoms with Crippen LogP contribution in [-0.2, 0) is 9.31 Å². The Morgan fingerprint density at radius 1 is 0.875 bits per heavy atom. The first kappa shape index (κ1) is 11.1. The van der Waals surface area contributed by atoms with Crippen LogP contribution in [0, 0.1) is 11.8 Å². The monoisotopic (exact) mass is 222 g/mol. The topological polar surface area (TPSA) is 18.5 Å². The fourth-order valence-corrected chi connectivity index (χ4v) is 2.84. The summed E-state index contributed by atoms with van der Waals surface area (Å²) in [5.41, 5.74) is -0.306. The molecule has 3 rings (SSSR count). The summed E-state index contributed by atoms with van der Waals surface area (Å²) in [5, 5.41) is 0. The third-order valence-electron chi connectivity index (χ3n) is 4.92. The van der Waals surface area contributed by atoms with Crippen LogP contribution in [-0.4, -0.2) is 18.3 Å². The Morgan fingerprint density at radius 3 is 1.56 bits per heavy atom. The van der Waals surface area contributed by atoms with Crippen molar-refractivity contribution in [2.75, 3.05) is 0 Å². The predicted octanol–water partition coefficient (Wildman–Crippen LogP) is 3.27. The van der Waals surface area contributed by atoms with E-state index >= 15 is 0 Å². The van der Waals surface area contributed by atoms with Gasteiger partial charge >= 0.3 is 7.12 Å². The van der Waals surface area contributed by atoms with Crippen LogP contribution < -0.4 is 0 Å². The van der Waals surface area contributed by atoms with E-state index in [0.29, 0.717) is 5.82 Å². The lowest BCUT2D eigenvalue weighted by molar-refractivity contribution is 0.00578. The fourth-order valence-electron chi connectivity index (χ4n) is 2.84. The molecule has 3 aliphatic rings. The molecular weight excluding hydrogens is 199 g/mol. The van der Waals surface area contributed by atoms with Crippen LogP contribution in [0.4, 0.5) is 0 Å². The zero-order valence-corrected chi connectivity index (χ0v) is 11.0. The van der Waals surface area contributed by atoms with Gasteiger partial charge in [-0.15, -0.1) is 0 Å². The number of hydrogen-bond acceptors (Lipinski definition) is 2. The molecule has 0 N–H and O–H groups in total. The Morgan fingerprint density at radius 2 is 1.25 bits per heavy atom. The van der Waals surface area contributed by atoms with Gasteiger partial charge in [-0.05, 0) is 45.3 Å². The SMILES string of the molecule is CC1(C)OB(C(C2CC2)C2CC2)OC1(C)C. The van der Waals surface area contributed by atoms with Crippen LogP contribution in [0.1, 0.15) is 53.4 Å². The molecule has 0 amide bonds. The lowest BCUT2D eigenvalue weighted by Crippen LogP contribution is -2.41. The van der Waals surface area contributed by atoms with Gasteiger partial charge in [-0.3, -0.25) is 0 Å². The predicted molar refractivity (Wildman–Crippen MR) is 65.3 cm³/mol. The van der Waals surface area contributed by atoms with E-state index in [9.17, 15) is 0 Å². The number of rotatable bonds is 3. The molecule has 0 aromatic heterocycles. The van der Waals surface area contributed by atoms with Crippen molar-refractivity contribution >= 4 is 7.12 Å². The van der Waals surface area contributed by atoms with Gasteiger partial charge in [0.15, 0.2) is 0 Å². The van der Waals surface area contributed by atoms with Crippen molar-refractivity contribution < 1.29 is 9.31 Å². The van der Waals surface area contributed by atoms with Crippen LogP contribution in [0.5, 0.6) is 0 Å². The van der Waals surface area contributed by atoms with Gasteiger partial charge in [-0.25, -0.2) is 0 Å². The highest BCUT2D eigenvalue weighted by Crippen LogP contribution is 2.57. The third kappa shape index (κ3) is 1.72. The van der Waals surface area contributed by atoms with Gasteiger partial charge in [0.05, 0.1) is 11.2 Å². The normalized spacial score (nSPS) is 32.4. The highest BCUT2D eigenvalue weighted by Gasteiger charge is 2.59. The lowest BCUT2D eigenvalue weighted by atomic mass is 9.66. The molecular formula is C13H23BO2. The van der Waals surface area contributed by atoms with E-state index in [-0.39, 0.29) is 18.3 Å². The van der Waals surface area contributed by atoms with E-state index in [4.69, 9.17) is 9.31 Å². The van der Waals surface area contributed by atoms with Crippen molar-refractivity contribution in [3.05, 3.63) is 0 Å². The summed E-state index contributed by atoms with van der Waals surface area (Å²) in [6, 6.07) is 0. The fraction of sp³-hybridized carbons (Fsp3) is 1.00. The van der Waals surface area contributed by atoms with Gasteiger partial charge in [-0.1, -0.05) is 25.7 Å². The summed E-state index contributed by atoms with van der Waals surface area (Å²) in [7, 11) is 0.0602. The van der Waals surface area contributed by atoms with Crippen LogP contribution in [0.15, 0.2) is 0 Å². The van der Waals surface area contributed by atoms with Crippen LogP contribution >= 0.6 is 0 Å². The second-order valence-corrected chi connectivity index (χ2v) is 6.88. The Hall–Kier alpha value is -0.0151. The molecule has 16 heavy (non-hydrogen) atoms. The Balaban J connectivity index is 1.76. The van der Waals surface area contributed by atoms with Crippen molar-refractivity contribution in [3.8, 4) is 0 Å². The zero-order valence-electron chi connectivity index (χ0n) is 11.0. The summed E-state index contributed by atoms with van der Waals surface area (Å²) < 4.78 is 12.4. The molecule has 3 fully saturated rings. The first-order valence-electron chi connectivity index (χ1n) is 6.76. The van der Waals surface area contributed by atoms with Gasteiger partial charge in [0.25, 0.3) is 0 Å². The molecule has 0 aromatic carbocycles. The largest absolute Gasteiger partial charge is 0.461 e. The molecule has 2 nitrogen and oxygen atoms in total. The average molecular weight is 222 g/mol. The van der Waals surface area contributed by atoms with Crippen LogP contribution in [0.2, 0.25) is 5.82 Å². The highest BCUT2D eigenvalue weighted by molar-refractivity contribution is 6.47. The molecule has 0 spiro atoms. The quantitative estimate of drug-likeness (QED) is 0.682. The number of hydrogen-bond donors (Lipinski definition) is 0. The molecule has 1 aliphatic heterocycles. The maximum atomic E-state index is 6.21. The van der Waals surface area contributed by atoms with E-state index in [1.165, 1.54) is 25.7 Å². The molecule has 0 aromatic rings. The van der Waals surface area contributed by atoms with Crippen LogP contribution in [0.25, 0.3) is 0 Å². The Bertz CT molecular complexity index is 264. The van der Waals surface area contributed by atoms with Crippen molar-refractivity contribution in [1.29, 1.82) is 0 Å². The summed E-state index contributed by atoms with van der Waals surface area (Å²) >= 11 is 0. The van der Waals surface area contributed by atoms with Crippen molar-refractivity contribution in [2.24, 2.45) is 11.8 Å². The van der Waals surface area contributed by atoms with E-state index < -0.39 is 0 Å². The van der Waals surface area contributed by atoms with Gasteiger partial charge in [0.2, 0.25) is 0 Å². The zero-order chi connectivity index (χ0) is 11.6. The lowest BCUT2D eigenvalue weighted by Gasteiger charge is -2.32. The minimum absolute atomic E-state index is 0.0602. The van der Waals surface area contributed by atoms with E-state index in [2.05, 4.69) is 27.7 Å². The molecule has 0 atom stereocenters. The van der Waals surface area contributed by atoms with Crippen molar-refractivity contribution in [2.45, 2.75) is 70.4 Å². The molecule has 1 saturated heterocycles. The summed E-state index contributed by atoms with van der Waals surface area (Å²) in [5.74, 6) is 2.46. The van der Waals surface area contributed by atoms with E-state index in [1.54, 1.807) is 0 Å². The summed E-state index contributed by atoms with van der Waals surface area (Å²) in [6.45, 7) is 8.63. The first-order chi connectivity index (χ1) is 7.41. The third-order valence-corrected chi connectivity index (χ3v) is 4.92. The van der Waals surface area contributed by atoms with Gasteiger partial charge in [0, 0.05) is 0 Å². The maximum Gasteiger partial charge on any atom is 0.461 e. The summed E-state index contributed by atoms with van der Waals surface area (Å²) in [6.07, 6.45) is 5.58. The molecule has 0 radical (unpaired) electrons. The molecule has 3 heteroatoms. The minimum Gasteiger partial charge on any atom is -0.403 e. The van der Waals surface area contributed by atoms with E-state index in [1.807, 2.05) is 0 Å². The standard InChI is InChI=1S/C13H23BO2/c1-12(2)13(3,4)16-14(15-12)11(9-5-6-9)10-7-8-10/h9-11H,5-8H2,1-4H3. The van der Waals surface area contributed by atoms with Crippen molar-refractivity contribution in [3.63, 3.8) is 0 Å². The van der Waals surface area contributed by atoms with Crippen molar-refractivity contribution in [1.82, 2.24) is 0 Å². The average Bonchev–Trinajstić information content (AvgIpc) is 2.92. The minimum atomic E-state index is -0.153. The molecule has 0 bridgehead atoms. The molecule has 0 unspecified atom stereocenters. The van der Waals surface area contributed by atoms with Gasteiger partial charge in [0.1, 0.15) is 0 Å².